The predicted molar refractivity (Wildman–Crippen MR) is 134 cm³/mol. The molecule has 0 saturated heterocycles. The number of nitrogens with zero attached hydrogens (tertiary/aromatic N) is 1. The maximum absolute atomic E-state index is 13.0. The Morgan fingerprint density at radius 2 is 1.42 bits per heavy atom. The Balaban J connectivity index is 1.52. The van der Waals surface area contributed by atoms with Gasteiger partial charge in [-0.25, -0.2) is 0 Å². The van der Waals surface area contributed by atoms with E-state index in [0.717, 1.165) is 10.8 Å². The summed E-state index contributed by atoms with van der Waals surface area (Å²) in [5.74, 6) is -2.40. The van der Waals surface area contributed by atoms with Crippen molar-refractivity contribution in [1.29, 1.82) is 0 Å². The van der Waals surface area contributed by atoms with E-state index < -0.39 is 22.7 Å². The number of nitro benzene ring substituents is 1. The van der Waals surface area contributed by atoms with Gasteiger partial charge in [0, 0.05) is 29.8 Å². The van der Waals surface area contributed by atoms with Gasteiger partial charge < -0.3 is 5.32 Å². The number of carbonyl (C=O) groups excluding carboxylic acids is 3. The van der Waals surface area contributed by atoms with Crippen molar-refractivity contribution >= 4 is 34.2 Å². The highest BCUT2D eigenvalue weighted by atomic mass is 16.6. The minimum Gasteiger partial charge on any atom is -0.351 e. The molecule has 0 bridgehead atoms. The van der Waals surface area contributed by atoms with Crippen molar-refractivity contribution < 1.29 is 19.3 Å². The largest absolute Gasteiger partial charge is 0.351 e. The van der Waals surface area contributed by atoms with Gasteiger partial charge in [0.05, 0.1) is 10.8 Å². The smallest absolute Gasteiger partial charge is 0.269 e. The molecule has 0 aliphatic rings. The first kappa shape index (κ1) is 24.1. The number of hydrogen-bond acceptors (Lipinski definition) is 5. The lowest BCUT2D eigenvalue weighted by molar-refractivity contribution is -0.384. The van der Waals surface area contributed by atoms with E-state index in [1.165, 1.54) is 24.3 Å². The SMILES string of the molecule is O=C(NNC(=O)C(CNC(=O)c1cccc2ccccc12)c1ccc([N+](=O)[O-])cc1)c1ccccc1. The van der Waals surface area contributed by atoms with Crippen LogP contribution in [0.1, 0.15) is 32.2 Å². The van der Waals surface area contributed by atoms with Gasteiger partial charge in [0.1, 0.15) is 0 Å². The number of benzene rings is 4. The molecule has 4 aromatic carbocycles. The van der Waals surface area contributed by atoms with E-state index >= 15 is 0 Å². The van der Waals surface area contributed by atoms with Crippen LogP contribution in [0.4, 0.5) is 5.69 Å². The molecule has 4 aromatic rings. The van der Waals surface area contributed by atoms with E-state index in [0.29, 0.717) is 16.7 Å². The Kier molecular flexibility index (Phi) is 7.30. The van der Waals surface area contributed by atoms with Crippen LogP contribution in [0.25, 0.3) is 10.8 Å². The van der Waals surface area contributed by atoms with E-state index in [9.17, 15) is 24.5 Å². The highest BCUT2D eigenvalue weighted by Gasteiger charge is 2.24. The van der Waals surface area contributed by atoms with Crippen molar-refractivity contribution in [2.24, 2.45) is 0 Å². The molecule has 0 aliphatic carbocycles. The average molecular weight is 482 g/mol. The van der Waals surface area contributed by atoms with Crippen molar-refractivity contribution in [3.63, 3.8) is 0 Å². The van der Waals surface area contributed by atoms with Crippen LogP contribution in [0.15, 0.2) is 97.1 Å². The predicted octanol–water partition coefficient (Wildman–Crippen LogP) is 3.72. The summed E-state index contributed by atoms with van der Waals surface area (Å²) in [6, 6.07) is 26.6. The number of hydrogen-bond donors (Lipinski definition) is 3. The van der Waals surface area contributed by atoms with Crippen LogP contribution < -0.4 is 16.2 Å². The second kappa shape index (κ2) is 10.9. The van der Waals surface area contributed by atoms with Crippen LogP contribution in [0, 0.1) is 10.1 Å². The summed E-state index contributed by atoms with van der Waals surface area (Å²) in [6.07, 6.45) is 0. The third-order valence-electron chi connectivity index (χ3n) is 5.66. The molecule has 0 fully saturated rings. The standard InChI is InChI=1S/C27H22N4O5/c32-25(20-8-2-1-3-9-20)29-30-27(34)24(19-13-15-21(16-14-19)31(35)36)17-28-26(33)23-12-6-10-18-7-4-5-11-22(18)23/h1-16,24H,17H2,(H,28,33)(H,29,32)(H,30,34). The minimum absolute atomic E-state index is 0.104. The second-order valence-electron chi connectivity index (χ2n) is 7.95. The van der Waals surface area contributed by atoms with Crippen molar-refractivity contribution in [3.8, 4) is 0 Å². The Hall–Kier alpha value is -5.05. The first-order chi connectivity index (χ1) is 17.4. The number of nitro groups is 1. The minimum atomic E-state index is -0.930. The lowest BCUT2D eigenvalue weighted by Crippen LogP contribution is -2.46. The maximum atomic E-state index is 13.0. The summed E-state index contributed by atoms with van der Waals surface area (Å²) in [7, 11) is 0. The third kappa shape index (κ3) is 5.53. The molecule has 0 aliphatic heterocycles. The van der Waals surface area contributed by atoms with E-state index in [1.54, 1.807) is 42.5 Å². The number of carbonyl (C=O) groups is 3. The lowest BCUT2D eigenvalue weighted by atomic mass is 9.97. The van der Waals surface area contributed by atoms with Gasteiger partial charge in [-0.2, -0.15) is 0 Å². The fraction of sp³-hybridized carbons (Fsp3) is 0.0741. The monoisotopic (exact) mass is 482 g/mol. The summed E-state index contributed by atoms with van der Waals surface area (Å²) < 4.78 is 0. The van der Waals surface area contributed by atoms with Crippen LogP contribution in [0.2, 0.25) is 0 Å². The molecule has 1 atom stereocenters. The Morgan fingerprint density at radius 3 is 2.14 bits per heavy atom. The lowest BCUT2D eigenvalue weighted by Gasteiger charge is -2.19. The number of amides is 3. The maximum Gasteiger partial charge on any atom is 0.269 e. The van der Waals surface area contributed by atoms with E-state index in [4.69, 9.17) is 0 Å². The van der Waals surface area contributed by atoms with Crippen LogP contribution in [-0.2, 0) is 4.79 Å². The van der Waals surface area contributed by atoms with Gasteiger partial charge in [0.2, 0.25) is 5.91 Å². The van der Waals surface area contributed by atoms with Crippen molar-refractivity contribution in [1.82, 2.24) is 16.2 Å². The zero-order valence-corrected chi connectivity index (χ0v) is 19.0. The normalized spacial score (nSPS) is 11.3. The topological polar surface area (TPSA) is 130 Å². The summed E-state index contributed by atoms with van der Waals surface area (Å²) in [4.78, 5) is 48.9. The molecule has 3 N–H and O–H groups in total. The summed E-state index contributed by atoms with van der Waals surface area (Å²) >= 11 is 0. The summed E-state index contributed by atoms with van der Waals surface area (Å²) in [6.45, 7) is -0.104. The molecular formula is C27H22N4O5. The van der Waals surface area contributed by atoms with Gasteiger partial charge >= 0.3 is 0 Å². The van der Waals surface area contributed by atoms with E-state index in [1.807, 2.05) is 30.3 Å². The Labute approximate surface area is 206 Å². The Morgan fingerprint density at radius 1 is 0.750 bits per heavy atom. The zero-order valence-electron chi connectivity index (χ0n) is 19.0. The third-order valence-corrected chi connectivity index (χ3v) is 5.66. The first-order valence-electron chi connectivity index (χ1n) is 11.1. The number of non-ortho nitro benzene ring substituents is 1. The van der Waals surface area contributed by atoms with Gasteiger partial charge in [0.15, 0.2) is 0 Å². The molecular weight excluding hydrogens is 460 g/mol. The number of hydrazine groups is 1. The van der Waals surface area contributed by atoms with Gasteiger partial charge in [-0.1, -0.05) is 66.7 Å². The highest BCUT2D eigenvalue weighted by molar-refractivity contribution is 6.07. The molecule has 36 heavy (non-hydrogen) atoms. The van der Waals surface area contributed by atoms with Crippen LogP contribution in [0.3, 0.4) is 0 Å². The quantitative estimate of drug-likeness (QED) is 0.273. The molecule has 0 saturated carbocycles. The molecule has 0 radical (unpaired) electrons. The number of rotatable bonds is 7. The first-order valence-corrected chi connectivity index (χ1v) is 11.1. The van der Waals surface area contributed by atoms with Crippen LogP contribution in [-0.4, -0.2) is 29.2 Å². The molecule has 4 rings (SSSR count). The van der Waals surface area contributed by atoms with Crippen LogP contribution in [0.5, 0.6) is 0 Å². The molecule has 0 aromatic heterocycles. The molecule has 0 heterocycles. The molecule has 0 spiro atoms. The second-order valence-corrected chi connectivity index (χ2v) is 7.95. The van der Waals surface area contributed by atoms with Crippen LogP contribution >= 0.6 is 0 Å². The molecule has 9 heteroatoms. The molecule has 180 valence electrons. The molecule has 1 unspecified atom stereocenters. The van der Waals surface area contributed by atoms with Gasteiger partial charge in [-0.15, -0.1) is 0 Å². The highest BCUT2D eigenvalue weighted by Crippen LogP contribution is 2.21. The van der Waals surface area contributed by atoms with Gasteiger partial charge in [0.25, 0.3) is 17.5 Å². The van der Waals surface area contributed by atoms with E-state index in [-0.39, 0.29) is 18.1 Å². The fourth-order valence-electron chi connectivity index (χ4n) is 3.77. The van der Waals surface area contributed by atoms with Crippen molar-refractivity contribution in [2.75, 3.05) is 6.54 Å². The summed E-state index contributed by atoms with van der Waals surface area (Å²) in [5, 5.41) is 15.5. The average Bonchev–Trinajstić information content (AvgIpc) is 2.92. The number of fused-ring (bicyclic) bond motifs is 1. The number of nitrogens with one attached hydrogen (secondary N) is 3. The van der Waals surface area contributed by atoms with Gasteiger partial charge in [-0.05, 0) is 34.5 Å². The van der Waals surface area contributed by atoms with E-state index in [2.05, 4.69) is 16.2 Å². The Bertz CT molecular complexity index is 1420. The van der Waals surface area contributed by atoms with Gasteiger partial charge in [-0.3, -0.25) is 35.3 Å². The van der Waals surface area contributed by atoms with Crippen molar-refractivity contribution in [2.45, 2.75) is 5.92 Å². The zero-order chi connectivity index (χ0) is 25.5. The molecule has 3 amide bonds. The fourth-order valence-corrected chi connectivity index (χ4v) is 3.77. The summed E-state index contributed by atoms with van der Waals surface area (Å²) in [5.41, 5.74) is 5.86. The van der Waals surface area contributed by atoms with Crippen molar-refractivity contribution in [3.05, 3.63) is 124 Å². The molecule has 9 nitrogen and oxygen atoms in total.